The lowest BCUT2D eigenvalue weighted by Crippen LogP contribution is -2.33. The molecule has 0 saturated carbocycles. The predicted molar refractivity (Wildman–Crippen MR) is 68.5 cm³/mol. The summed E-state index contributed by atoms with van der Waals surface area (Å²) in [5.41, 5.74) is 4.28. The van der Waals surface area contributed by atoms with E-state index in [2.05, 4.69) is 10.4 Å². The zero-order chi connectivity index (χ0) is 13.0. The fourth-order valence-electron chi connectivity index (χ4n) is 1.78. The van der Waals surface area contributed by atoms with E-state index in [1.54, 1.807) is 12.5 Å². The molecule has 0 aliphatic carbocycles. The number of rotatable bonds is 4. The summed E-state index contributed by atoms with van der Waals surface area (Å²) in [5, 5.41) is 0. The highest BCUT2D eigenvalue weighted by molar-refractivity contribution is 5.82. The van der Waals surface area contributed by atoms with Gasteiger partial charge in [-0.15, -0.1) is 0 Å². The van der Waals surface area contributed by atoms with Gasteiger partial charge < -0.3 is 4.57 Å². The van der Waals surface area contributed by atoms with E-state index in [9.17, 15) is 4.79 Å². The maximum Gasteiger partial charge on any atom is 0.241 e. The molecule has 0 spiro atoms. The molecule has 0 aliphatic rings. The minimum atomic E-state index is -0.239. The molecule has 1 unspecified atom stereocenters. The summed E-state index contributed by atoms with van der Waals surface area (Å²) in [5.74, 6) is 4.70. The van der Waals surface area contributed by atoms with Crippen LogP contribution in [-0.2, 0) is 11.3 Å². The molecule has 1 amide bonds. The van der Waals surface area contributed by atoms with Crippen LogP contribution in [0.1, 0.15) is 24.0 Å². The lowest BCUT2D eigenvalue weighted by Gasteiger charge is -2.11. The van der Waals surface area contributed by atoms with E-state index in [0.717, 1.165) is 17.7 Å². The van der Waals surface area contributed by atoms with Crippen LogP contribution in [0.15, 0.2) is 43.0 Å². The molecule has 2 rings (SSSR count). The minimum absolute atomic E-state index is 0.183. The monoisotopic (exact) mass is 244 g/mol. The van der Waals surface area contributed by atoms with Crippen LogP contribution in [0.4, 0.5) is 0 Å². The van der Waals surface area contributed by atoms with E-state index in [4.69, 9.17) is 5.84 Å². The molecule has 3 N–H and O–H groups in total. The van der Waals surface area contributed by atoms with Gasteiger partial charge in [-0.25, -0.2) is 10.8 Å². The first kappa shape index (κ1) is 12.3. The Hall–Kier alpha value is -2.14. The minimum Gasteiger partial charge on any atom is -0.333 e. The average molecular weight is 244 g/mol. The van der Waals surface area contributed by atoms with Gasteiger partial charge in [0.15, 0.2) is 0 Å². The number of hydrazine groups is 1. The van der Waals surface area contributed by atoms with Crippen molar-refractivity contribution in [3.8, 4) is 0 Å². The van der Waals surface area contributed by atoms with Crippen LogP contribution >= 0.6 is 0 Å². The quantitative estimate of drug-likeness (QED) is 0.479. The van der Waals surface area contributed by atoms with Crippen LogP contribution in [0, 0.1) is 0 Å². The lowest BCUT2D eigenvalue weighted by molar-refractivity contribution is -0.122. The SMILES string of the molecule is CC(C(=O)NN)c1ccc(Cn2ccnc2)cc1. The maximum atomic E-state index is 11.4. The van der Waals surface area contributed by atoms with Gasteiger partial charge in [-0.3, -0.25) is 10.2 Å². The number of imidazole rings is 1. The molecule has 0 bridgehead atoms. The Morgan fingerprint density at radius 2 is 2.17 bits per heavy atom. The standard InChI is InChI=1S/C13H16N4O/c1-10(13(18)16-14)12-4-2-11(3-5-12)8-17-7-6-15-9-17/h2-7,9-10H,8,14H2,1H3,(H,16,18). The van der Waals surface area contributed by atoms with Crippen molar-refractivity contribution in [1.82, 2.24) is 15.0 Å². The zero-order valence-electron chi connectivity index (χ0n) is 10.2. The molecule has 0 aliphatic heterocycles. The number of carbonyl (C=O) groups excluding carboxylic acids is 1. The number of benzene rings is 1. The Kier molecular flexibility index (Phi) is 3.74. The van der Waals surface area contributed by atoms with Gasteiger partial charge in [-0.2, -0.15) is 0 Å². The fourth-order valence-corrected chi connectivity index (χ4v) is 1.78. The van der Waals surface area contributed by atoms with Gasteiger partial charge in [0.05, 0.1) is 12.2 Å². The van der Waals surface area contributed by atoms with Gasteiger partial charge >= 0.3 is 0 Å². The number of nitrogens with one attached hydrogen (secondary N) is 1. The average Bonchev–Trinajstić information content (AvgIpc) is 2.91. The number of aromatic nitrogens is 2. The smallest absolute Gasteiger partial charge is 0.241 e. The van der Waals surface area contributed by atoms with E-state index < -0.39 is 0 Å². The van der Waals surface area contributed by atoms with E-state index in [1.165, 1.54) is 0 Å². The Morgan fingerprint density at radius 1 is 1.44 bits per heavy atom. The van der Waals surface area contributed by atoms with Crippen molar-refractivity contribution in [2.75, 3.05) is 0 Å². The van der Waals surface area contributed by atoms with E-state index in [-0.39, 0.29) is 11.8 Å². The van der Waals surface area contributed by atoms with Gasteiger partial charge in [0.2, 0.25) is 5.91 Å². The van der Waals surface area contributed by atoms with Crippen LogP contribution in [0.2, 0.25) is 0 Å². The highest BCUT2D eigenvalue weighted by atomic mass is 16.2. The van der Waals surface area contributed by atoms with Gasteiger partial charge in [0, 0.05) is 18.9 Å². The molecule has 1 aromatic heterocycles. The molecule has 0 radical (unpaired) electrons. The number of amides is 1. The Balaban J connectivity index is 2.08. The van der Waals surface area contributed by atoms with Crippen molar-refractivity contribution >= 4 is 5.91 Å². The normalized spacial score (nSPS) is 12.1. The third-order valence-corrected chi connectivity index (χ3v) is 2.94. The van der Waals surface area contributed by atoms with Crippen molar-refractivity contribution in [1.29, 1.82) is 0 Å². The van der Waals surface area contributed by atoms with Crippen LogP contribution in [0.3, 0.4) is 0 Å². The molecule has 0 fully saturated rings. The predicted octanol–water partition coefficient (Wildman–Crippen LogP) is 1.02. The van der Waals surface area contributed by atoms with Crippen LogP contribution in [0.5, 0.6) is 0 Å². The highest BCUT2D eigenvalue weighted by Crippen LogP contribution is 2.16. The van der Waals surface area contributed by atoms with Crippen molar-refractivity contribution in [2.24, 2.45) is 5.84 Å². The summed E-state index contributed by atoms with van der Waals surface area (Å²) < 4.78 is 1.99. The van der Waals surface area contributed by atoms with Crippen LogP contribution in [-0.4, -0.2) is 15.5 Å². The molecular weight excluding hydrogens is 228 g/mol. The number of nitrogens with zero attached hydrogens (tertiary/aromatic N) is 2. The van der Waals surface area contributed by atoms with Gasteiger partial charge in [-0.1, -0.05) is 24.3 Å². The fraction of sp³-hybridized carbons (Fsp3) is 0.231. The summed E-state index contributed by atoms with van der Waals surface area (Å²) >= 11 is 0. The molecule has 1 atom stereocenters. The first-order valence-electron chi connectivity index (χ1n) is 5.75. The van der Waals surface area contributed by atoms with Gasteiger partial charge in [0.1, 0.15) is 0 Å². The molecule has 0 saturated heterocycles. The molecule has 5 nitrogen and oxygen atoms in total. The third-order valence-electron chi connectivity index (χ3n) is 2.94. The van der Waals surface area contributed by atoms with E-state index in [0.29, 0.717) is 0 Å². The Bertz CT molecular complexity index is 504. The third kappa shape index (κ3) is 2.75. The first-order chi connectivity index (χ1) is 8.70. The first-order valence-corrected chi connectivity index (χ1v) is 5.75. The number of hydrogen-bond donors (Lipinski definition) is 2. The van der Waals surface area contributed by atoms with E-state index >= 15 is 0 Å². The topological polar surface area (TPSA) is 72.9 Å². The van der Waals surface area contributed by atoms with Crippen LogP contribution < -0.4 is 11.3 Å². The van der Waals surface area contributed by atoms with Crippen molar-refractivity contribution in [3.63, 3.8) is 0 Å². The molecule has 1 heterocycles. The molecule has 2 aromatic rings. The van der Waals surface area contributed by atoms with Crippen molar-refractivity contribution in [2.45, 2.75) is 19.4 Å². The van der Waals surface area contributed by atoms with Gasteiger partial charge in [0.25, 0.3) is 0 Å². The summed E-state index contributed by atoms with van der Waals surface area (Å²) in [6, 6.07) is 7.92. The van der Waals surface area contributed by atoms with Crippen molar-refractivity contribution in [3.05, 3.63) is 54.1 Å². The summed E-state index contributed by atoms with van der Waals surface area (Å²) in [4.78, 5) is 15.4. The second-order valence-electron chi connectivity index (χ2n) is 4.21. The molecular formula is C13H16N4O. The molecule has 94 valence electrons. The zero-order valence-corrected chi connectivity index (χ0v) is 10.2. The number of nitrogens with two attached hydrogens (primary N) is 1. The largest absolute Gasteiger partial charge is 0.333 e. The summed E-state index contributed by atoms with van der Waals surface area (Å²) in [7, 11) is 0. The number of hydrogen-bond acceptors (Lipinski definition) is 3. The second kappa shape index (κ2) is 5.46. The maximum absolute atomic E-state index is 11.4. The highest BCUT2D eigenvalue weighted by Gasteiger charge is 2.13. The molecule has 5 heteroatoms. The van der Waals surface area contributed by atoms with Crippen LogP contribution in [0.25, 0.3) is 0 Å². The van der Waals surface area contributed by atoms with Crippen molar-refractivity contribution < 1.29 is 4.79 Å². The molecule has 1 aromatic carbocycles. The Labute approximate surface area is 106 Å². The van der Waals surface area contributed by atoms with E-state index in [1.807, 2.05) is 42.0 Å². The Morgan fingerprint density at radius 3 is 2.72 bits per heavy atom. The lowest BCUT2D eigenvalue weighted by atomic mass is 9.99. The summed E-state index contributed by atoms with van der Waals surface area (Å²) in [6.07, 6.45) is 5.44. The van der Waals surface area contributed by atoms with Gasteiger partial charge in [-0.05, 0) is 18.1 Å². The second-order valence-corrected chi connectivity index (χ2v) is 4.21. The molecule has 18 heavy (non-hydrogen) atoms. The number of carbonyl (C=O) groups is 1. The summed E-state index contributed by atoms with van der Waals surface area (Å²) in [6.45, 7) is 2.60.